The second-order valence-electron chi connectivity index (χ2n) is 5.27. The van der Waals surface area contributed by atoms with Gasteiger partial charge < -0.3 is 15.4 Å². The highest BCUT2D eigenvalue weighted by atomic mass is 16.3. The molecule has 1 atom stereocenters. The number of hydrogen-bond donors (Lipinski definition) is 3. The van der Waals surface area contributed by atoms with Gasteiger partial charge in [0.05, 0.1) is 5.54 Å². The summed E-state index contributed by atoms with van der Waals surface area (Å²) in [7, 11) is 0. The fourth-order valence-corrected chi connectivity index (χ4v) is 3.25. The maximum atomic E-state index is 10.4. The summed E-state index contributed by atoms with van der Waals surface area (Å²) in [6, 6.07) is 5.90. The van der Waals surface area contributed by atoms with Crippen LogP contribution in [0.4, 0.5) is 0 Å². The summed E-state index contributed by atoms with van der Waals surface area (Å²) in [4.78, 5) is 4.41. The van der Waals surface area contributed by atoms with Crippen molar-refractivity contribution in [3.8, 4) is 0 Å². The molecule has 4 N–H and O–H groups in total. The van der Waals surface area contributed by atoms with Crippen LogP contribution < -0.4 is 5.73 Å². The van der Waals surface area contributed by atoms with Crippen molar-refractivity contribution in [2.24, 2.45) is 5.73 Å². The van der Waals surface area contributed by atoms with Gasteiger partial charge in [-0.25, -0.2) is 4.98 Å². The second kappa shape index (κ2) is 4.35. The third kappa shape index (κ3) is 1.73. The maximum Gasteiger partial charge on any atom is 0.140 e. The SMILES string of the molecule is N=C(N)C(O)C1(n2ccc3cccnc32)CCCC1. The first-order chi connectivity index (χ1) is 9.15. The standard InChI is InChI=1S/C14H18N4O/c15-12(16)11(19)14(6-1-2-7-14)18-9-5-10-4-3-8-17-13(10)18/h3-5,8-9,11,19H,1-2,6-7H2,(H3,15,16). The largest absolute Gasteiger partial charge is 0.385 e. The lowest BCUT2D eigenvalue weighted by Gasteiger charge is -2.35. The molecule has 1 fully saturated rings. The highest BCUT2D eigenvalue weighted by Gasteiger charge is 2.44. The summed E-state index contributed by atoms with van der Waals surface area (Å²) in [5.74, 6) is -0.167. The molecule has 0 spiro atoms. The van der Waals surface area contributed by atoms with E-state index in [9.17, 15) is 5.11 Å². The van der Waals surface area contributed by atoms with Crippen LogP contribution in [-0.4, -0.2) is 26.6 Å². The van der Waals surface area contributed by atoms with Crippen LogP contribution in [0.15, 0.2) is 30.6 Å². The summed E-state index contributed by atoms with van der Waals surface area (Å²) >= 11 is 0. The normalized spacial score (nSPS) is 19.6. The zero-order valence-corrected chi connectivity index (χ0v) is 10.7. The summed E-state index contributed by atoms with van der Waals surface area (Å²) < 4.78 is 2.02. The highest BCUT2D eigenvalue weighted by Crippen LogP contribution is 2.41. The first-order valence-electron chi connectivity index (χ1n) is 6.60. The lowest BCUT2D eigenvalue weighted by atomic mass is 9.89. The number of hydrogen-bond acceptors (Lipinski definition) is 3. The fourth-order valence-electron chi connectivity index (χ4n) is 3.25. The monoisotopic (exact) mass is 258 g/mol. The van der Waals surface area contributed by atoms with E-state index < -0.39 is 11.6 Å². The van der Waals surface area contributed by atoms with E-state index in [0.717, 1.165) is 36.7 Å². The van der Waals surface area contributed by atoms with Crippen molar-refractivity contribution >= 4 is 16.9 Å². The van der Waals surface area contributed by atoms with Gasteiger partial charge in [0.15, 0.2) is 0 Å². The van der Waals surface area contributed by atoms with Crippen molar-refractivity contribution in [2.45, 2.75) is 37.3 Å². The quantitative estimate of drug-likeness (QED) is 0.577. The van der Waals surface area contributed by atoms with Crippen molar-refractivity contribution in [3.63, 3.8) is 0 Å². The molecule has 0 aromatic carbocycles. The van der Waals surface area contributed by atoms with Crippen molar-refractivity contribution < 1.29 is 5.11 Å². The Balaban J connectivity index is 2.17. The molecule has 19 heavy (non-hydrogen) atoms. The van der Waals surface area contributed by atoms with Gasteiger partial charge in [0.2, 0.25) is 0 Å². The zero-order chi connectivity index (χ0) is 13.5. The number of aromatic nitrogens is 2. The first-order valence-corrected chi connectivity index (χ1v) is 6.60. The Morgan fingerprint density at radius 3 is 2.84 bits per heavy atom. The number of aliphatic hydroxyl groups excluding tert-OH is 1. The number of aliphatic hydroxyl groups is 1. The molecule has 1 unspecified atom stereocenters. The van der Waals surface area contributed by atoms with Crippen molar-refractivity contribution in [1.82, 2.24) is 9.55 Å². The molecule has 5 nitrogen and oxygen atoms in total. The predicted molar refractivity (Wildman–Crippen MR) is 74.1 cm³/mol. The molecular weight excluding hydrogens is 240 g/mol. The number of amidine groups is 1. The van der Waals surface area contributed by atoms with Gasteiger partial charge in [0, 0.05) is 17.8 Å². The smallest absolute Gasteiger partial charge is 0.140 e. The molecule has 0 aliphatic heterocycles. The van der Waals surface area contributed by atoms with Crippen LogP contribution in [-0.2, 0) is 5.54 Å². The van der Waals surface area contributed by atoms with Crippen LogP contribution in [0.1, 0.15) is 25.7 Å². The van der Waals surface area contributed by atoms with Gasteiger partial charge in [-0.3, -0.25) is 5.41 Å². The van der Waals surface area contributed by atoms with Gasteiger partial charge in [-0.05, 0) is 31.0 Å². The zero-order valence-electron chi connectivity index (χ0n) is 10.7. The molecule has 0 radical (unpaired) electrons. The lowest BCUT2D eigenvalue weighted by Crippen LogP contribution is -2.49. The molecule has 1 aliphatic carbocycles. The molecule has 2 heterocycles. The Labute approximate surface area is 111 Å². The van der Waals surface area contributed by atoms with Crippen molar-refractivity contribution in [2.75, 3.05) is 0 Å². The molecule has 3 rings (SSSR count). The molecule has 2 aromatic rings. The van der Waals surface area contributed by atoms with Crippen LogP contribution in [0.5, 0.6) is 0 Å². The van der Waals surface area contributed by atoms with Crippen LogP contribution in [0.2, 0.25) is 0 Å². The summed E-state index contributed by atoms with van der Waals surface area (Å²) in [5, 5.41) is 19.1. The number of nitrogens with one attached hydrogen (secondary N) is 1. The van der Waals surface area contributed by atoms with E-state index in [4.69, 9.17) is 11.1 Å². The molecule has 1 saturated carbocycles. The lowest BCUT2D eigenvalue weighted by molar-refractivity contribution is 0.0903. The first kappa shape index (κ1) is 12.2. The number of fused-ring (bicyclic) bond motifs is 1. The molecule has 100 valence electrons. The van der Waals surface area contributed by atoms with E-state index in [1.807, 2.05) is 29.0 Å². The van der Waals surface area contributed by atoms with Gasteiger partial charge in [-0.1, -0.05) is 12.8 Å². The van der Waals surface area contributed by atoms with Crippen LogP contribution in [0.3, 0.4) is 0 Å². The van der Waals surface area contributed by atoms with E-state index in [0.29, 0.717) is 0 Å². The third-order valence-corrected chi connectivity index (χ3v) is 4.20. The van der Waals surface area contributed by atoms with E-state index in [2.05, 4.69) is 4.98 Å². The van der Waals surface area contributed by atoms with Crippen LogP contribution in [0, 0.1) is 5.41 Å². The highest BCUT2D eigenvalue weighted by molar-refractivity contribution is 5.83. The minimum Gasteiger partial charge on any atom is -0.385 e. The van der Waals surface area contributed by atoms with E-state index in [1.165, 1.54) is 0 Å². The van der Waals surface area contributed by atoms with E-state index >= 15 is 0 Å². The molecular formula is C14H18N4O. The Morgan fingerprint density at radius 2 is 2.16 bits per heavy atom. The third-order valence-electron chi connectivity index (χ3n) is 4.20. The maximum absolute atomic E-state index is 10.4. The number of rotatable bonds is 3. The fraction of sp³-hybridized carbons (Fsp3) is 0.429. The Hall–Kier alpha value is -1.88. The molecule has 2 aromatic heterocycles. The van der Waals surface area contributed by atoms with Gasteiger partial charge in [0.1, 0.15) is 17.6 Å². The minimum atomic E-state index is -0.951. The van der Waals surface area contributed by atoms with Gasteiger partial charge in [-0.2, -0.15) is 0 Å². The molecule has 0 bridgehead atoms. The molecule has 0 amide bonds. The predicted octanol–water partition coefficient (Wildman–Crippen LogP) is 1.60. The van der Waals surface area contributed by atoms with Crippen LogP contribution >= 0.6 is 0 Å². The van der Waals surface area contributed by atoms with Crippen molar-refractivity contribution in [3.05, 3.63) is 30.6 Å². The Morgan fingerprint density at radius 1 is 1.42 bits per heavy atom. The summed E-state index contributed by atoms with van der Waals surface area (Å²) in [6.45, 7) is 0. The van der Waals surface area contributed by atoms with E-state index in [1.54, 1.807) is 6.20 Å². The minimum absolute atomic E-state index is 0.167. The van der Waals surface area contributed by atoms with Crippen molar-refractivity contribution in [1.29, 1.82) is 5.41 Å². The van der Waals surface area contributed by atoms with E-state index in [-0.39, 0.29) is 5.84 Å². The van der Waals surface area contributed by atoms with Gasteiger partial charge in [-0.15, -0.1) is 0 Å². The average Bonchev–Trinajstić information content (AvgIpc) is 3.04. The average molecular weight is 258 g/mol. The summed E-state index contributed by atoms with van der Waals surface area (Å²) in [5.41, 5.74) is 5.89. The topological polar surface area (TPSA) is 87.9 Å². The Bertz CT molecular complexity index is 613. The second-order valence-corrected chi connectivity index (χ2v) is 5.27. The molecule has 5 heteroatoms. The van der Waals surface area contributed by atoms with Gasteiger partial charge in [0.25, 0.3) is 0 Å². The number of nitrogens with zero attached hydrogens (tertiary/aromatic N) is 2. The van der Waals surface area contributed by atoms with Gasteiger partial charge >= 0.3 is 0 Å². The molecule has 0 saturated heterocycles. The summed E-state index contributed by atoms with van der Waals surface area (Å²) in [6.07, 6.45) is 6.49. The molecule has 1 aliphatic rings. The van der Waals surface area contributed by atoms with Crippen LogP contribution in [0.25, 0.3) is 11.0 Å². The number of nitrogens with two attached hydrogens (primary N) is 1. The Kier molecular flexibility index (Phi) is 2.78. The number of pyridine rings is 1.